The van der Waals surface area contributed by atoms with Crippen molar-refractivity contribution >= 4 is 5.91 Å². The molecule has 58 valence electrons. The van der Waals surface area contributed by atoms with Crippen molar-refractivity contribution in [1.82, 2.24) is 5.32 Å². The van der Waals surface area contributed by atoms with Gasteiger partial charge in [-0.1, -0.05) is 0 Å². The molecule has 0 aromatic heterocycles. The van der Waals surface area contributed by atoms with E-state index in [0.29, 0.717) is 6.61 Å². The van der Waals surface area contributed by atoms with E-state index >= 15 is 0 Å². The van der Waals surface area contributed by atoms with Gasteiger partial charge in [-0.25, -0.2) is 0 Å². The third-order valence-electron chi connectivity index (χ3n) is 1.59. The van der Waals surface area contributed by atoms with E-state index in [1.54, 1.807) is 7.05 Å². The first-order valence-corrected chi connectivity index (χ1v) is 3.47. The molecule has 1 saturated heterocycles. The number of carbonyl (C=O) groups excluding carboxylic acids is 1. The molecule has 1 amide bonds. The SMILES string of the molecule is CNC(=O)C1COCC[NH2+]1. The van der Waals surface area contributed by atoms with Gasteiger partial charge in [0.25, 0.3) is 5.91 Å². The summed E-state index contributed by atoms with van der Waals surface area (Å²) in [6.45, 7) is 2.19. The van der Waals surface area contributed by atoms with Gasteiger partial charge in [0, 0.05) is 7.05 Å². The predicted octanol–water partition coefficient (Wildman–Crippen LogP) is -2.31. The minimum Gasteiger partial charge on any atom is -0.369 e. The Labute approximate surface area is 59.9 Å². The molecule has 0 aromatic rings. The smallest absolute Gasteiger partial charge is 0.280 e. The molecular formula is C6H13N2O2+. The van der Waals surface area contributed by atoms with Crippen LogP contribution in [-0.4, -0.2) is 38.8 Å². The molecule has 1 unspecified atom stereocenters. The molecule has 4 heteroatoms. The van der Waals surface area contributed by atoms with Crippen LogP contribution in [0.3, 0.4) is 0 Å². The lowest BCUT2D eigenvalue weighted by Crippen LogP contribution is -2.96. The van der Waals surface area contributed by atoms with Crippen molar-refractivity contribution in [1.29, 1.82) is 0 Å². The van der Waals surface area contributed by atoms with E-state index in [1.165, 1.54) is 0 Å². The highest BCUT2D eigenvalue weighted by Gasteiger charge is 2.23. The second kappa shape index (κ2) is 3.53. The van der Waals surface area contributed by atoms with Gasteiger partial charge in [0.2, 0.25) is 0 Å². The third-order valence-corrected chi connectivity index (χ3v) is 1.59. The van der Waals surface area contributed by atoms with E-state index in [0.717, 1.165) is 13.2 Å². The number of nitrogens with one attached hydrogen (secondary N) is 1. The molecule has 4 nitrogen and oxygen atoms in total. The number of hydrogen-bond donors (Lipinski definition) is 2. The monoisotopic (exact) mass is 145 g/mol. The highest BCUT2D eigenvalue weighted by atomic mass is 16.5. The van der Waals surface area contributed by atoms with E-state index < -0.39 is 0 Å². The molecule has 1 rings (SSSR count). The Morgan fingerprint density at radius 1 is 1.80 bits per heavy atom. The Hall–Kier alpha value is -0.610. The lowest BCUT2D eigenvalue weighted by Gasteiger charge is -2.18. The molecule has 1 atom stereocenters. The Kier molecular flexibility index (Phi) is 2.65. The van der Waals surface area contributed by atoms with Gasteiger partial charge in [0.05, 0.1) is 13.2 Å². The van der Waals surface area contributed by atoms with Crippen molar-refractivity contribution in [3.05, 3.63) is 0 Å². The third kappa shape index (κ3) is 1.68. The van der Waals surface area contributed by atoms with Gasteiger partial charge in [-0.2, -0.15) is 0 Å². The molecule has 0 saturated carbocycles. The zero-order valence-electron chi connectivity index (χ0n) is 6.09. The number of carbonyl (C=O) groups is 1. The Morgan fingerprint density at radius 3 is 3.10 bits per heavy atom. The summed E-state index contributed by atoms with van der Waals surface area (Å²) < 4.78 is 5.11. The van der Waals surface area contributed by atoms with Crippen LogP contribution in [-0.2, 0) is 9.53 Å². The van der Waals surface area contributed by atoms with Gasteiger partial charge >= 0.3 is 0 Å². The van der Waals surface area contributed by atoms with Crippen LogP contribution in [0.5, 0.6) is 0 Å². The number of rotatable bonds is 1. The number of amides is 1. The standard InChI is InChI=1S/C6H12N2O2/c1-7-6(9)5-4-10-3-2-8-5/h5,8H,2-4H2,1H3,(H,7,9)/p+1. The van der Waals surface area contributed by atoms with E-state index in [9.17, 15) is 4.79 Å². The van der Waals surface area contributed by atoms with E-state index in [-0.39, 0.29) is 11.9 Å². The van der Waals surface area contributed by atoms with Crippen LogP contribution < -0.4 is 10.6 Å². The summed E-state index contributed by atoms with van der Waals surface area (Å²) in [6, 6.07) is -0.0289. The molecule has 0 spiro atoms. The zero-order valence-corrected chi connectivity index (χ0v) is 6.09. The fraction of sp³-hybridized carbons (Fsp3) is 0.833. The van der Waals surface area contributed by atoms with E-state index in [1.807, 2.05) is 5.32 Å². The van der Waals surface area contributed by atoms with Crippen molar-refractivity contribution in [2.45, 2.75) is 6.04 Å². The van der Waals surface area contributed by atoms with Gasteiger partial charge in [0.15, 0.2) is 6.04 Å². The number of morpholine rings is 1. The Balaban J connectivity index is 2.31. The molecule has 0 aromatic carbocycles. The van der Waals surface area contributed by atoms with E-state index in [4.69, 9.17) is 4.74 Å². The lowest BCUT2D eigenvalue weighted by atomic mass is 10.2. The van der Waals surface area contributed by atoms with Crippen molar-refractivity contribution in [3.63, 3.8) is 0 Å². The van der Waals surface area contributed by atoms with Crippen LogP contribution in [0.2, 0.25) is 0 Å². The van der Waals surface area contributed by atoms with Gasteiger partial charge in [-0.05, 0) is 0 Å². The van der Waals surface area contributed by atoms with Crippen molar-refractivity contribution in [3.8, 4) is 0 Å². The fourth-order valence-corrected chi connectivity index (χ4v) is 0.999. The van der Waals surface area contributed by atoms with Crippen LogP contribution in [0.25, 0.3) is 0 Å². The summed E-state index contributed by atoms with van der Waals surface area (Å²) in [6.07, 6.45) is 0. The van der Waals surface area contributed by atoms with Gasteiger partial charge in [0.1, 0.15) is 6.61 Å². The Bertz CT molecular complexity index is 121. The molecule has 0 bridgehead atoms. The summed E-state index contributed by atoms with van der Waals surface area (Å²) in [5.74, 6) is 0.0553. The number of ether oxygens (including phenoxy) is 1. The summed E-state index contributed by atoms with van der Waals surface area (Å²) in [5, 5.41) is 4.59. The van der Waals surface area contributed by atoms with Crippen LogP contribution in [0.1, 0.15) is 0 Å². The molecule has 1 aliphatic rings. The Morgan fingerprint density at radius 2 is 2.60 bits per heavy atom. The number of hydrogen-bond acceptors (Lipinski definition) is 2. The molecule has 0 aliphatic carbocycles. The van der Waals surface area contributed by atoms with Gasteiger partial charge in [-0.15, -0.1) is 0 Å². The summed E-state index contributed by atoms with van der Waals surface area (Å²) in [4.78, 5) is 10.9. The van der Waals surface area contributed by atoms with E-state index in [2.05, 4.69) is 5.32 Å². The molecule has 1 aliphatic heterocycles. The first-order valence-electron chi connectivity index (χ1n) is 3.47. The molecule has 0 radical (unpaired) electrons. The molecule has 1 heterocycles. The normalized spacial score (nSPS) is 25.9. The molecule has 1 fully saturated rings. The topological polar surface area (TPSA) is 54.9 Å². The van der Waals surface area contributed by atoms with Crippen molar-refractivity contribution in [2.24, 2.45) is 0 Å². The van der Waals surface area contributed by atoms with Crippen LogP contribution >= 0.6 is 0 Å². The highest BCUT2D eigenvalue weighted by Crippen LogP contribution is 1.83. The average Bonchev–Trinajstić information content (AvgIpc) is 2.05. The maximum absolute atomic E-state index is 10.9. The zero-order chi connectivity index (χ0) is 7.40. The summed E-state index contributed by atoms with van der Waals surface area (Å²) in [5.41, 5.74) is 0. The molecule has 10 heavy (non-hydrogen) atoms. The first-order chi connectivity index (χ1) is 4.84. The molecule has 3 N–H and O–H groups in total. The fourth-order valence-electron chi connectivity index (χ4n) is 0.999. The van der Waals surface area contributed by atoms with Crippen molar-refractivity contribution in [2.75, 3.05) is 26.8 Å². The average molecular weight is 145 g/mol. The highest BCUT2D eigenvalue weighted by molar-refractivity contribution is 5.80. The van der Waals surface area contributed by atoms with Crippen LogP contribution in [0.15, 0.2) is 0 Å². The van der Waals surface area contributed by atoms with Crippen LogP contribution in [0.4, 0.5) is 0 Å². The van der Waals surface area contributed by atoms with Gasteiger partial charge < -0.3 is 15.4 Å². The maximum atomic E-state index is 10.9. The minimum absolute atomic E-state index is 0.0289. The van der Waals surface area contributed by atoms with Crippen molar-refractivity contribution < 1.29 is 14.8 Å². The number of nitrogens with two attached hydrogens (primary N) is 1. The quantitative estimate of drug-likeness (QED) is 0.436. The minimum atomic E-state index is -0.0289. The lowest BCUT2D eigenvalue weighted by molar-refractivity contribution is -0.692. The molecular weight excluding hydrogens is 132 g/mol. The second-order valence-corrected chi connectivity index (χ2v) is 2.32. The van der Waals surface area contributed by atoms with Crippen LogP contribution in [0, 0.1) is 0 Å². The maximum Gasteiger partial charge on any atom is 0.280 e. The van der Waals surface area contributed by atoms with Gasteiger partial charge in [-0.3, -0.25) is 4.79 Å². The summed E-state index contributed by atoms with van der Waals surface area (Å²) in [7, 11) is 1.64. The largest absolute Gasteiger partial charge is 0.369 e. The first kappa shape index (κ1) is 7.50. The number of likely N-dealkylation sites (N-methyl/N-ethyl adjacent to an activating group) is 1. The predicted molar refractivity (Wildman–Crippen MR) is 35.5 cm³/mol. The second-order valence-electron chi connectivity index (χ2n) is 2.32. The summed E-state index contributed by atoms with van der Waals surface area (Å²) >= 11 is 0. The number of quaternary nitrogens is 1.